The maximum atomic E-state index is 15.9. The predicted molar refractivity (Wildman–Crippen MR) is 165 cm³/mol. The van der Waals surface area contributed by atoms with Crippen LogP contribution in [0, 0.1) is 11.6 Å². The molecule has 1 fully saturated rings. The molecule has 0 saturated carbocycles. The van der Waals surface area contributed by atoms with Gasteiger partial charge in [0.05, 0.1) is 22.3 Å². The molecule has 0 unspecified atom stereocenters. The number of carbonyl (C=O) groups is 1. The number of aromatic hydroxyl groups is 1. The number of aromatic nitrogens is 4. The Labute approximate surface area is 251 Å². The first kappa shape index (κ1) is 30.1. The fraction of sp³-hybridized carbons (Fsp3) is 0.323. The van der Waals surface area contributed by atoms with Crippen molar-refractivity contribution in [2.45, 2.75) is 38.5 Å². The summed E-state index contributed by atoms with van der Waals surface area (Å²) in [6.07, 6.45) is 4.87. The second kappa shape index (κ2) is 12.1. The number of rotatable bonds is 7. The Hall–Kier alpha value is -4.32. The van der Waals surface area contributed by atoms with Crippen molar-refractivity contribution in [2.24, 2.45) is 0 Å². The monoisotopic (exact) mass is 606 g/mol. The first-order valence-electron chi connectivity index (χ1n) is 13.8. The molecule has 0 bridgehead atoms. The van der Waals surface area contributed by atoms with E-state index in [1.807, 2.05) is 38.0 Å². The van der Waals surface area contributed by atoms with E-state index in [0.717, 1.165) is 11.6 Å². The Balaban J connectivity index is 1.85. The average Bonchev–Trinajstić information content (AvgIpc) is 2.97. The van der Waals surface area contributed by atoms with Gasteiger partial charge < -0.3 is 14.9 Å². The number of thioether (sulfide) groups is 1. The van der Waals surface area contributed by atoms with Crippen LogP contribution >= 0.6 is 11.8 Å². The van der Waals surface area contributed by atoms with Gasteiger partial charge in [0.25, 0.3) is 0 Å². The molecule has 1 atom stereocenters. The minimum Gasteiger partial charge on any atom is -0.507 e. The second-order valence-electron chi connectivity index (χ2n) is 10.7. The topological polar surface area (TPSA) is 104 Å². The van der Waals surface area contributed by atoms with Gasteiger partial charge in [-0.25, -0.2) is 23.1 Å². The molecule has 9 nitrogen and oxygen atoms in total. The molecule has 12 heteroatoms. The molecular weight excluding hydrogens is 574 g/mol. The standard InChI is InChI=1S/C31H32F2N6O3S/c1-6-24(41)37-12-13-38(18(4)15-37)29-20-14-22(33)27(25-21(32)8-7-9-23(25)40)35-30(20)39(31(42)36-29)28-19(16-43-5)10-11-34-26(28)17(2)3/h6-11,14,17-18,40H,1,12-13,15-16H2,2-5H3/t18-/m0/s1. The van der Waals surface area contributed by atoms with Gasteiger partial charge in [-0.3, -0.25) is 9.78 Å². The van der Waals surface area contributed by atoms with Crippen molar-refractivity contribution in [3.05, 3.63) is 82.6 Å². The minimum absolute atomic E-state index is 0.0445. The summed E-state index contributed by atoms with van der Waals surface area (Å²) in [7, 11) is 0. The molecule has 1 N–H and O–H groups in total. The number of fused-ring (bicyclic) bond motifs is 1. The lowest BCUT2D eigenvalue weighted by atomic mass is 10.0. The number of carbonyl (C=O) groups excluding carboxylic acids is 1. The zero-order valence-corrected chi connectivity index (χ0v) is 25.2. The van der Waals surface area contributed by atoms with Crippen molar-refractivity contribution < 1.29 is 18.7 Å². The number of amides is 1. The zero-order chi connectivity index (χ0) is 31.0. The van der Waals surface area contributed by atoms with Crippen LogP contribution in [0.15, 0.2) is 54.0 Å². The normalized spacial score (nSPS) is 15.4. The van der Waals surface area contributed by atoms with Crippen molar-refractivity contribution in [2.75, 3.05) is 30.8 Å². The van der Waals surface area contributed by atoms with E-state index in [1.54, 1.807) is 22.9 Å². The van der Waals surface area contributed by atoms with Crippen LogP contribution in [0.4, 0.5) is 14.6 Å². The maximum Gasteiger partial charge on any atom is 0.355 e. The maximum absolute atomic E-state index is 15.9. The number of benzene rings is 1. The smallest absolute Gasteiger partial charge is 0.355 e. The molecule has 0 radical (unpaired) electrons. The molecule has 0 spiro atoms. The molecule has 5 rings (SSSR count). The third kappa shape index (κ3) is 5.47. The number of halogens is 2. The Morgan fingerprint density at radius 2 is 1.98 bits per heavy atom. The zero-order valence-electron chi connectivity index (χ0n) is 24.3. The molecule has 4 heterocycles. The van der Waals surface area contributed by atoms with Crippen LogP contribution in [0.25, 0.3) is 28.0 Å². The summed E-state index contributed by atoms with van der Waals surface area (Å²) in [6.45, 7) is 10.3. The molecule has 4 aromatic rings. The quantitative estimate of drug-likeness (QED) is 0.292. The van der Waals surface area contributed by atoms with Crippen molar-refractivity contribution in [1.82, 2.24) is 24.4 Å². The molecule has 1 saturated heterocycles. The Kier molecular flexibility index (Phi) is 8.50. The predicted octanol–water partition coefficient (Wildman–Crippen LogP) is 5.04. The number of nitrogens with zero attached hydrogens (tertiary/aromatic N) is 6. The van der Waals surface area contributed by atoms with E-state index in [1.165, 1.54) is 28.8 Å². The van der Waals surface area contributed by atoms with E-state index in [2.05, 4.69) is 21.5 Å². The summed E-state index contributed by atoms with van der Waals surface area (Å²) in [5, 5.41) is 10.7. The minimum atomic E-state index is -0.895. The van der Waals surface area contributed by atoms with E-state index in [9.17, 15) is 19.1 Å². The summed E-state index contributed by atoms with van der Waals surface area (Å²) in [5.74, 6) is -1.80. The average molecular weight is 607 g/mol. The third-order valence-electron chi connectivity index (χ3n) is 7.52. The van der Waals surface area contributed by atoms with E-state index < -0.39 is 34.3 Å². The number of phenols is 1. The number of pyridine rings is 2. The van der Waals surface area contributed by atoms with Gasteiger partial charge in [-0.2, -0.15) is 16.7 Å². The number of anilines is 1. The molecule has 224 valence electrons. The number of hydrogen-bond donors (Lipinski definition) is 1. The first-order chi connectivity index (χ1) is 20.6. The molecular formula is C31H32F2N6O3S. The summed E-state index contributed by atoms with van der Waals surface area (Å²) < 4.78 is 32.2. The Morgan fingerprint density at radius 3 is 2.63 bits per heavy atom. The van der Waals surface area contributed by atoms with Crippen LogP contribution in [0.3, 0.4) is 0 Å². The Bertz CT molecular complexity index is 1770. The molecule has 1 aliphatic heterocycles. The van der Waals surface area contributed by atoms with Crippen LogP contribution in [0.5, 0.6) is 5.75 Å². The van der Waals surface area contributed by atoms with Crippen molar-refractivity contribution >= 4 is 34.5 Å². The molecule has 1 aliphatic rings. The van der Waals surface area contributed by atoms with Gasteiger partial charge in [-0.05, 0) is 55.0 Å². The van der Waals surface area contributed by atoms with Gasteiger partial charge in [0, 0.05) is 37.6 Å². The van der Waals surface area contributed by atoms with Crippen LogP contribution in [0.1, 0.15) is 37.9 Å². The highest BCUT2D eigenvalue weighted by Gasteiger charge is 2.31. The van der Waals surface area contributed by atoms with Crippen molar-refractivity contribution in [3.63, 3.8) is 0 Å². The lowest BCUT2D eigenvalue weighted by Crippen LogP contribution is -2.54. The lowest BCUT2D eigenvalue weighted by molar-refractivity contribution is -0.126. The highest BCUT2D eigenvalue weighted by molar-refractivity contribution is 7.97. The van der Waals surface area contributed by atoms with Gasteiger partial charge >= 0.3 is 5.69 Å². The molecule has 43 heavy (non-hydrogen) atoms. The molecule has 1 aromatic carbocycles. The fourth-order valence-corrected chi connectivity index (χ4v) is 6.06. The second-order valence-corrected chi connectivity index (χ2v) is 11.6. The van der Waals surface area contributed by atoms with Crippen LogP contribution in [-0.4, -0.2) is 67.4 Å². The van der Waals surface area contributed by atoms with Crippen molar-refractivity contribution in [3.8, 4) is 22.7 Å². The van der Waals surface area contributed by atoms with Crippen molar-refractivity contribution in [1.29, 1.82) is 0 Å². The highest BCUT2D eigenvalue weighted by atomic mass is 32.2. The highest BCUT2D eigenvalue weighted by Crippen LogP contribution is 2.37. The fourth-order valence-electron chi connectivity index (χ4n) is 5.51. The number of piperazine rings is 1. The van der Waals surface area contributed by atoms with Gasteiger partial charge in [0.15, 0.2) is 11.5 Å². The van der Waals surface area contributed by atoms with Gasteiger partial charge in [-0.15, -0.1) is 0 Å². The summed E-state index contributed by atoms with van der Waals surface area (Å²) in [4.78, 5) is 43.4. The lowest BCUT2D eigenvalue weighted by Gasteiger charge is -2.40. The molecule has 1 amide bonds. The van der Waals surface area contributed by atoms with Gasteiger partial charge in [0.1, 0.15) is 23.1 Å². The summed E-state index contributed by atoms with van der Waals surface area (Å²) >= 11 is 1.56. The summed E-state index contributed by atoms with van der Waals surface area (Å²) in [5.41, 5.74) is 0.431. The van der Waals surface area contributed by atoms with E-state index >= 15 is 4.39 Å². The summed E-state index contributed by atoms with van der Waals surface area (Å²) in [6, 6.07) is 6.37. The first-order valence-corrected chi connectivity index (χ1v) is 15.2. The number of hydrogen-bond acceptors (Lipinski definition) is 8. The van der Waals surface area contributed by atoms with E-state index in [-0.39, 0.29) is 34.7 Å². The van der Waals surface area contributed by atoms with Crippen LogP contribution in [0.2, 0.25) is 0 Å². The third-order valence-corrected chi connectivity index (χ3v) is 8.12. The molecule has 3 aromatic heterocycles. The SMILES string of the molecule is C=CC(=O)N1CCN(c2nc(=O)n(-c3c(CSC)ccnc3C(C)C)c3nc(-c4c(O)cccc4F)c(F)cc23)[C@@H](C)C1. The van der Waals surface area contributed by atoms with Crippen LogP contribution < -0.4 is 10.6 Å². The van der Waals surface area contributed by atoms with Crippen LogP contribution in [-0.2, 0) is 10.5 Å². The van der Waals surface area contributed by atoms with Gasteiger partial charge in [0.2, 0.25) is 5.91 Å². The Morgan fingerprint density at radius 1 is 1.21 bits per heavy atom. The molecule has 0 aliphatic carbocycles. The van der Waals surface area contributed by atoms with E-state index in [0.29, 0.717) is 36.8 Å². The number of phenolic OH excluding ortho intramolecular Hbond substituents is 1. The van der Waals surface area contributed by atoms with E-state index in [4.69, 9.17) is 0 Å². The largest absolute Gasteiger partial charge is 0.507 e. The van der Waals surface area contributed by atoms with Gasteiger partial charge in [-0.1, -0.05) is 26.5 Å².